The monoisotopic (exact) mass is 381 g/mol. The third-order valence-electron chi connectivity index (χ3n) is 3.92. The molecule has 1 aliphatic rings. The Hall–Kier alpha value is -3.04. The van der Waals surface area contributed by atoms with Gasteiger partial charge in [-0.2, -0.15) is 0 Å². The molecule has 2 N–H and O–H groups in total. The van der Waals surface area contributed by atoms with E-state index < -0.39 is 12.4 Å². The van der Waals surface area contributed by atoms with Gasteiger partial charge in [-0.3, -0.25) is 5.32 Å². The lowest BCUT2D eigenvalue weighted by Gasteiger charge is -2.27. The van der Waals surface area contributed by atoms with E-state index in [4.69, 9.17) is 0 Å². The van der Waals surface area contributed by atoms with E-state index in [1.165, 1.54) is 24.9 Å². The predicted octanol–water partition coefficient (Wildman–Crippen LogP) is 4.01. The number of aromatic nitrogens is 2. The van der Waals surface area contributed by atoms with Gasteiger partial charge < -0.3 is 15.0 Å². The van der Waals surface area contributed by atoms with Gasteiger partial charge in [0.15, 0.2) is 0 Å². The number of nitrogens with zero attached hydrogens (tertiary/aromatic N) is 3. The van der Waals surface area contributed by atoms with E-state index >= 15 is 0 Å². The molecule has 144 valence electrons. The van der Waals surface area contributed by atoms with Gasteiger partial charge in [-0.25, -0.2) is 14.8 Å². The number of alkyl halides is 3. The molecule has 0 atom stereocenters. The predicted molar refractivity (Wildman–Crippen MR) is 93.9 cm³/mol. The Morgan fingerprint density at radius 2 is 1.74 bits per heavy atom. The molecule has 1 aromatic heterocycles. The molecule has 1 aromatic carbocycles. The Kier molecular flexibility index (Phi) is 5.63. The van der Waals surface area contributed by atoms with Crippen molar-refractivity contribution in [3.05, 3.63) is 36.7 Å². The highest BCUT2D eigenvalue weighted by molar-refractivity contribution is 5.99. The minimum Gasteiger partial charge on any atom is -0.406 e. The number of nitrogens with one attached hydrogen (secondary N) is 2. The standard InChI is InChI=1S/C17H18F3N5O2/c18-17(19,20)27-13-6-4-12(5-7-13)23-16(26)24-14-10-15(22-11-21-14)25-8-2-1-3-9-25/h4-7,10-11H,1-3,8-9H2,(H2,21,22,23,24,26). The fourth-order valence-electron chi connectivity index (χ4n) is 2.73. The number of anilines is 3. The molecule has 3 rings (SSSR count). The molecule has 2 aromatic rings. The first-order valence-electron chi connectivity index (χ1n) is 8.40. The number of hydrogen-bond donors (Lipinski definition) is 2. The van der Waals surface area contributed by atoms with E-state index in [-0.39, 0.29) is 5.75 Å². The molecule has 0 radical (unpaired) electrons. The second kappa shape index (κ2) is 8.11. The first kappa shape index (κ1) is 18.7. The third kappa shape index (κ3) is 5.73. The molecule has 7 nitrogen and oxygen atoms in total. The van der Waals surface area contributed by atoms with Crippen LogP contribution in [0.3, 0.4) is 0 Å². The van der Waals surface area contributed by atoms with Gasteiger partial charge in [0.25, 0.3) is 0 Å². The van der Waals surface area contributed by atoms with Crippen LogP contribution in [0.4, 0.5) is 35.3 Å². The highest BCUT2D eigenvalue weighted by Crippen LogP contribution is 2.24. The molecule has 10 heteroatoms. The van der Waals surface area contributed by atoms with E-state index in [0.29, 0.717) is 11.5 Å². The summed E-state index contributed by atoms with van der Waals surface area (Å²) in [4.78, 5) is 22.5. The number of benzene rings is 1. The summed E-state index contributed by atoms with van der Waals surface area (Å²) in [5.74, 6) is 0.712. The zero-order valence-corrected chi connectivity index (χ0v) is 14.3. The lowest BCUT2D eigenvalue weighted by molar-refractivity contribution is -0.274. The maximum absolute atomic E-state index is 12.1. The molecule has 0 bridgehead atoms. The van der Waals surface area contributed by atoms with Gasteiger partial charge in [-0.1, -0.05) is 0 Å². The average molecular weight is 381 g/mol. The lowest BCUT2D eigenvalue weighted by atomic mass is 10.1. The van der Waals surface area contributed by atoms with Crippen LogP contribution in [-0.4, -0.2) is 35.5 Å². The molecular formula is C17H18F3N5O2. The summed E-state index contributed by atoms with van der Waals surface area (Å²) < 4.78 is 40.2. The molecule has 2 amide bonds. The summed E-state index contributed by atoms with van der Waals surface area (Å²) in [7, 11) is 0. The number of ether oxygens (including phenoxy) is 1. The van der Waals surface area contributed by atoms with E-state index in [1.807, 2.05) is 0 Å². The van der Waals surface area contributed by atoms with Crippen LogP contribution in [0.2, 0.25) is 0 Å². The Morgan fingerprint density at radius 3 is 2.41 bits per heavy atom. The summed E-state index contributed by atoms with van der Waals surface area (Å²) in [5.41, 5.74) is 0.312. The number of amides is 2. The van der Waals surface area contributed by atoms with E-state index in [0.717, 1.165) is 43.9 Å². The average Bonchev–Trinajstić information content (AvgIpc) is 2.63. The molecule has 0 aliphatic carbocycles. The van der Waals surface area contributed by atoms with E-state index in [2.05, 4.69) is 30.2 Å². The number of carbonyl (C=O) groups excluding carboxylic acids is 1. The van der Waals surface area contributed by atoms with Gasteiger partial charge in [-0.05, 0) is 43.5 Å². The molecular weight excluding hydrogens is 363 g/mol. The summed E-state index contributed by atoms with van der Waals surface area (Å²) in [6, 6.07) is 5.96. The van der Waals surface area contributed by atoms with Crippen molar-refractivity contribution in [2.75, 3.05) is 28.6 Å². The number of halogens is 3. The minimum absolute atomic E-state index is 0.312. The zero-order chi connectivity index (χ0) is 19.3. The highest BCUT2D eigenvalue weighted by atomic mass is 19.4. The largest absolute Gasteiger partial charge is 0.573 e. The third-order valence-corrected chi connectivity index (χ3v) is 3.92. The molecule has 0 unspecified atom stereocenters. The van der Waals surface area contributed by atoms with Crippen molar-refractivity contribution in [3.63, 3.8) is 0 Å². The summed E-state index contributed by atoms with van der Waals surface area (Å²) in [5, 5.41) is 5.10. The summed E-state index contributed by atoms with van der Waals surface area (Å²) >= 11 is 0. The molecule has 27 heavy (non-hydrogen) atoms. The molecule has 0 spiro atoms. The Bertz CT molecular complexity index is 777. The van der Waals surface area contributed by atoms with Gasteiger partial charge in [-0.15, -0.1) is 13.2 Å². The maximum Gasteiger partial charge on any atom is 0.573 e. The number of urea groups is 1. The SMILES string of the molecule is O=C(Nc1ccc(OC(F)(F)F)cc1)Nc1cc(N2CCCCC2)ncn1. The van der Waals surface area contributed by atoms with Crippen LogP contribution >= 0.6 is 0 Å². The first-order valence-corrected chi connectivity index (χ1v) is 8.40. The molecule has 1 aliphatic heterocycles. The second-order valence-electron chi connectivity index (χ2n) is 5.96. The van der Waals surface area contributed by atoms with Gasteiger partial charge in [0.05, 0.1) is 0 Å². The van der Waals surface area contributed by atoms with Crippen molar-refractivity contribution in [2.24, 2.45) is 0 Å². The van der Waals surface area contributed by atoms with Crippen molar-refractivity contribution < 1.29 is 22.7 Å². The Morgan fingerprint density at radius 1 is 1.04 bits per heavy atom. The molecule has 1 fully saturated rings. The van der Waals surface area contributed by atoms with Crippen molar-refractivity contribution in [1.29, 1.82) is 0 Å². The highest BCUT2D eigenvalue weighted by Gasteiger charge is 2.30. The Balaban J connectivity index is 1.57. The Labute approximate surface area is 153 Å². The van der Waals surface area contributed by atoms with Crippen LogP contribution in [0, 0.1) is 0 Å². The fourth-order valence-corrected chi connectivity index (χ4v) is 2.73. The number of piperidine rings is 1. The summed E-state index contributed by atoms with van der Waals surface area (Å²) in [6.45, 7) is 1.82. The number of rotatable bonds is 4. The van der Waals surface area contributed by atoms with Crippen LogP contribution in [0.5, 0.6) is 5.75 Å². The first-order chi connectivity index (χ1) is 12.9. The summed E-state index contributed by atoms with van der Waals surface area (Å²) in [6.07, 6.45) is 0.0126. The van der Waals surface area contributed by atoms with Crippen molar-refractivity contribution in [3.8, 4) is 5.75 Å². The lowest BCUT2D eigenvalue weighted by Crippen LogP contribution is -2.30. The maximum atomic E-state index is 12.1. The van der Waals surface area contributed by atoms with E-state index in [9.17, 15) is 18.0 Å². The fraction of sp³-hybridized carbons (Fsp3) is 0.353. The van der Waals surface area contributed by atoms with E-state index in [1.54, 1.807) is 6.07 Å². The molecule has 2 heterocycles. The minimum atomic E-state index is -4.76. The van der Waals surface area contributed by atoms with Crippen LogP contribution in [0.15, 0.2) is 36.7 Å². The molecule has 1 saturated heterocycles. The van der Waals surface area contributed by atoms with Crippen LogP contribution in [0.1, 0.15) is 19.3 Å². The van der Waals surface area contributed by atoms with Gasteiger partial charge in [0, 0.05) is 24.8 Å². The molecule has 0 saturated carbocycles. The number of carbonyl (C=O) groups is 1. The normalized spacial score (nSPS) is 14.6. The van der Waals surface area contributed by atoms with Gasteiger partial charge in [0.1, 0.15) is 23.7 Å². The van der Waals surface area contributed by atoms with Gasteiger partial charge >= 0.3 is 12.4 Å². The topological polar surface area (TPSA) is 79.4 Å². The van der Waals surface area contributed by atoms with Crippen LogP contribution < -0.4 is 20.3 Å². The van der Waals surface area contributed by atoms with Gasteiger partial charge in [0.2, 0.25) is 0 Å². The second-order valence-corrected chi connectivity index (χ2v) is 5.96. The van der Waals surface area contributed by atoms with Crippen molar-refractivity contribution >= 4 is 23.4 Å². The van der Waals surface area contributed by atoms with Crippen molar-refractivity contribution in [2.45, 2.75) is 25.6 Å². The van der Waals surface area contributed by atoms with Crippen molar-refractivity contribution in [1.82, 2.24) is 9.97 Å². The quantitative estimate of drug-likeness (QED) is 0.837. The van der Waals surface area contributed by atoms with Crippen LogP contribution in [0.25, 0.3) is 0 Å². The van der Waals surface area contributed by atoms with Crippen LogP contribution in [-0.2, 0) is 0 Å². The number of hydrogen-bond acceptors (Lipinski definition) is 5. The smallest absolute Gasteiger partial charge is 0.406 e. The zero-order valence-electron chi connectivity index (χ0n) is 14.3.